The number of hydrogen-bond acceptors (Lipinski definition) is 4. The monoisotopic (exact) mass is 279 g/mol. The zero-order chi connectivity index (χ0) is 14.0. The summed E-state index contributed by atoms with van der Waals surface area (Å²) in [5.74, 6) is 0. The van der Waals surface area contributed by atoms with E-state index in [4.69, 9.17) is 11.0 Å². The number of sulfonamides is 1. The third kappa shape index (κ3) is 2.88. The van der Waals surface area contributed by atoms with E-state index in [1.54, 1.807) is 6.07 Å². The minimum absolute atomic E-state index is 0.0143. The molecule has 0 amide bonds. The number of hydrogen-bond donors (Lipinski definition) is 1. The smallest absolute Gasteiger partial charge is 0.230 e. The molecule has 0 heterocycles. The predicted molar refractivity (Wildman–Crippen MR) is 73.4 cm³/mol. The zero-order valence-corrected chi connectivity index (χ0v) is 11.6. The summed E-state index contributed by atoms with van der Waals surface area (Å²) in [5.41, 5.74) is 7.21. The summed E-state index contributed by atoms with van der Waals surface area (Å²) in [6.45, 7) is 1.66. The highest BCUT2D eigenvalue weighted by molar-refractivity contribution is 7.89. The second kappa shape index (κ2) is 5.19. The third-order valence-corrected chi connectivity index (χ3v) is 5.37. The Morgan fingerprint density at radius 1 is 1.47 bits per heavy atom. The lowest BCUT2D eigenvalue weighted by molar-refractivity contribution is 0.396. The third-order valence-electron chi connectivity index (χ3n) is 3.29. The molecule has 1 aliphatic rings. The molecule has 1 saturated carbocycles. The van der Waals surface area contributed by atoms with E-state index in [-0.39, 0.29) is 12.6 Å². The minimum Gasteiger partial charge on any atom is -0.398 e. The highest BCUT2D eigenvalue weighted by Gasteiger charge is 2.40. The van der Waals surface area contributed by atoms with Crippen molar-refractivity contribution in [2.75, 3.05) is 5.73 Å². The first-order valence-electron chi connectivity index (χ1n) is 6.20. The second-order valence-electron chi connectivity index (χ2n) is 4.79. The molecule has 0 aromatic heterocycles. The standard InChI is InChI=1S/C13H17N3O2S/c1-10(8-14)19(17,18)16(12-6-7-12)9-11-4-2-3-5-13(11)15/h2-5,10,12H,6-7,9,15H2,1H3. The average molecular weight is 279 g/mol. The molecule has 0 bridgehead atoms. The Hall–Kier alpha value is -1.58. The maximum Gasteiger partial charge on any atom is 0.230 e. The molecular formula is C13H17N3O2S. The van der Waals surface area contributed by atoms with Gasteiger partial charge in [0.1, 0.15) is 0 Å². The van der Waals surface area contributed by atoms with Gasteiger partial charge in [0.05, 0.1) is 6.07 Å². The predicted octanol–water partition coefficient (Wildman–Crippen LogP) is 1.48. The van der Waals surface area contributed by atoms with Crippen molar-refractivity contribution < 1.29 is 8.42 Å². The summed E-state index contributed by atoms with van der Waals surface area (Å²) >= 11 is 0. The van der Waals surface area contributed by atoms with Crippen molar-refractivity contribution >= 4 is 15.7 Å². The summed E-state index contributed by atoms with van der Waals surface area (Å²) in [4.78, 5) is 0. The SMILES string of the molecule is CC(C#N)S(=O)(=O)N(Cc1ccccc1N)C1CC1. The van der Waals surface area contributed by atoms with Gasteiger partial charge in [-0.05, 0) is 31.4 Å². The highest BCUT2D eigenvalue weighted by atomic mass is 32.2. The van der Waals surface area contributed by atoms with Crippen molar-refractivity contribution in [2.24, 2.45) is 0 Å². The van der Waals surface area contributed by atoms with Crippen molar-refractivity contribution in [2.45, 2.75) is 37.6 Å². The summed E-state index contributed by atoms with van der Waals surface area (Å²) in [5, 5.41) is 7.83. The highest BCUT2D eigenvalue weighted by Crippen LogP contribution is 2.33. The first-order chi connectivity index (χ1) is 8.96. The Kier molecular flexibility index (Phi) is 3.78. The van der Waals surface area contributed by atoms with Crippen LogP contribution in [0, 0.1) is 11.3 Å². The van der Waals surface area contributed by atoms with Crippen LogP contribution in [0.4, 0.5) is 5.69 Å². The fourth-order valence-electron chi connectivity index (χ4n) is 1.91. The average Bonchev–Trinajstić information content (AvgIpc) is 3.20. The van der Waals surface area contributed by atoms with E-state index in [0.717, 1.165) is 18.4 Å². The lowest BCUT2D eigenvalue weighted by atomic mass is 10.2. The van der Waals surface area contributed by atoms with Crippen LogP contribution in [-0.2, 0) is 16.6 Å². The number of rotatable bonds is 5. The second-order valence-corrected chi connectivity index (χ2v) is 7.00. The molecule has 0 spiro atoms. The number of nitrogens with two attached hydrogens (primary N) is 1. The van der Waals surface area contributed by atoms with Gasteiger partial charge in [-0.1, -0.05) is 18.2 Å². The van der Waals surface area contributed by atoms with Crippen LogP contribution in [0.2, 0.25) is 0 Å². The van der Waals surface area contributed by atoms with Crippen molar-refractivity contribution in [1.29, 1.82) is 5.26 Å². The molecule has 2 rings (SSSR count). The fraction of sp³-hybridized carbons (Fsp3) is 0.462. The quantitative estimate of drug-likeness (QED) is 0.827. The molecule has 6 heteroatoms. The molecule has 5 nitrogen and oxygen atoms in total. The van der Waals surface area contributed by atoms with Crippen LogP contribution in [0.1, 0.15) is 25.3 Å². The number of anilines is 1. The lowest BCUT2D eigenvalue weighted by Crippen LogP contribution is -2.38. The molecule has 1 aromatic carbocycles. The topological polar surface area (TPSA) is 87.2 Å². The summed E-state index contributed by atoms with van der Waals surface area (Å²) in [7, 11) is -3.59. The number of nitrogens with zero attached hydrogens (tertiary/aromatic N) is 2. The molecular weight excluding hydrogens is 262 g/mol. The van der Waals surface area contributed by atoms with Gasteiger partial charge in [-0.2, -0.15) is 9.57 Å². The van der Waals surface area contributed by atoms with E-state index in [1.807, 2.05) is 24.3 Å². The molecule has 1 atom stereocenters. The van der Waals surface area contributed by atoms with Gasteiger partial charge in [0.25, 0.3) is 0 Å². The van der Waals surface area contributed by atoms with Gasteiger partial charge in [-0.15, -0.1) is 0 Å². The molecule has 0 radical (unpaired) electrons. The summed E-state index contributed by atoms with van der Waals surface area (Å²) < 4.78 is 26.1. The molecule has 1 aliphatic carbocycles. The van der Waals surface area contributed by atoms with Crippen LogP contribution in [0.3, 0.4) is 0 Å². The Balaban J connectivity index is 2.28. The van der Waals surface area contributed by atoms with E-state index < -0.39 is 15.3 Å². The maximum absolute atomic E-state index is 12.3. The molecule has 2 N–H and O–H groups in total. The Morgan fingerprint density at radius 3 is 2.63 bits per heavy atom. The van der Waals surface area contributed by atoms with Gasteiger partial charge in [0.15, 0.2) is 5.25 Å². The van der Waals surface area contributed by atoms with E-state index in [2.05, 4.69) is 0 Å². The normalized spacial score (nSPS) is 17.1. The van der Waals surface area contributed by atoms with Crippen LogP contribution >= 0.6 is 0 Å². The molecule has 19 heavy (non-hydrogen) atoms. The lowest BCUT2D eigenvalue weighted by Gasteiger charge is -2.23. The van der Waals surface area contributed by atoms with Gasteiger partial charge < -0.3 is 5.73 Å². The number of nitrogen functional groups attached to an aromatic ring is 1. The van der Waals surface area contributed by atoms with Gasteiger partial charge >= 0.3 is 0 Å². The van der Waals surface area contributed by atoms with E-state index >= 15 is 0 Å². The van der Waals surface area contributed by atoms with Crippen LogP contribution in [0.5, 0.6) is 0 Å². The summed E-state index contributed by atoms with van der Waals surface area (Å²) in [6, 6.07) is 9.03. The molecule has 1 fully saturated rings. The van der Waals surface area contributed by atoms with E-state index in [1.165, 1.54) is 11.2 Å². The van der Waals surface area contributed by atoms with Crippen LogP contribution in [0.15, 0.2) is 24.3 Å². The molecule has 102 valence electrons. The Morgan fingerprint density at radius 2 is 2.11 bits per heavy atom. The van der Waals surface area contributed by atoms with Crippen molar-refractivity contribution in [3.63, 3.8) is 0 Å². The minimum atomic E-state index is -3.59. The zero-order valence-electron chi connectivity index (χ0n) is 10.8. The molecule has 1 aromatic rings. The number of nitriles is 1. The summed E-state index contributed by atoms with van der Waals surface area (Å²) in [6.07, 6.45) is 1.70. The fourth-order valence-corrected chi connectivity index (χ4v) is 3.39. The van der Waals surface area contributed by atoms with Gasteiger partial charge in [0, 0.05) is 18.3 Å². The van der Waals surface area contributed by atoms with Crippen LogP contribution in [0.25, 0.3) is 0 Å². The first-order valence-corrected chi connectivity index (χ1v) is 7.70. The largest absolute Gasteiger partial charge is 0.398 e. The molecule has 1 unspecified atom stereocenters. The van der Waals surface area contributed by atoms with E-state index in [0.29, 0.717) is 5.69 Å². The Bertz CT molecular complexity index is 603. The van der Waals surface area contributed by atoms with Gasteiger partial charge in [-0.3, -0.25) is 0 Å². The van der Waals surface area contributed by atoms with Crippen molar-refractivity contribution in [3.8, 4) is 6.07 Å². The number of para-hydroxylation sites is 1. The van der Waals surface area contributed by atoms with Gasteiger partial charge in [0.2, 0.25) is 10.0 Å². The van der Waals surface area contributed by atoms with Crippen LogP contribution in [-0.4, -0.2) is 24.0 Å². The first kappa shape index (κ1) is 13.8. The molecule has 0 saturated heterocycles. The van der Waals surface area contributed by atoms with Crippen molar-refractivity contribution in [3.05, 3.63) is 29.8 Å². The molecule has 0 aliphatic heterocycles. The van der Waals surface area contributed by atoms with Gasteiger partial charge in [-0.25, -0.2) is 8.42 Å². The maximum atomic E-state index is 12.3. The van der Waals surface area contributed by atoms with Crippen LogP contribution < -0.4 is 5.73 Å². The van der Waals surface area contributed by atoms with E-state index in [9.17, 15) is 8.42 Å². The number of benzene rings is 1. The Labute approximate surface area is 113 Å². The van der Waals surface area contributed by atoms with Crippen molar-refractivity contribution in [1.82, 2.24) is 4.31 Å².